The zero-order valence-electron chi connectivity index (χ0n) is 15.5. The molecule has 4 aliphatic rings. The Morgan fingerprint density at radius 1 is 1.11 bits per heavy atom. The molecule has 5 rings (SSSR count). The lowest BCUT2D eigenvalue weighted by molar-refractivity contribution is -0.369. The second-order valence-electron chi connectivity index (χ2n) is 6.85. The van der Waals surface area contributed by atoms with Gasteiger partial charge in [0, 0.05) is 18.7 Å². The van der Waals surface area contributed by atoms with Gasteiger partial charge < -0.3 is 19.1 Å². The Morgan fingerprint density at radius 2 is 1.82 bits per heavy atom. The highest BCUT2D eigenvalue weighted by atomic mass is 17.0. The van der Waals surface area contributed by atoms with Gasteiger partial charge in [0.15, 0.2) is 6.79 Å². The van der Waals surface area contributed by atoms with Crippen molar-refractivity contribution in [2.24, 2.45) is 0 Å². The molecule has 1 aromatic rings. The molecule has 0 saturated carbocycles. The van der Waals surface area contributed by atoms with Gasteiger partial charge in [0.1, 0.15) is 0 Å². The van der Waals surface area contributed by atoms with Gasteiger partial charge in [0.2, 0.25) is 0 Å². The molecule has 0 N–H and O–H groups in total. The first-order valence-corrected chi connectivity index (χ1v) is 9.20. The quantitative estimate of drug-likeness (QED) is 0.734. The van der Waals surface area contributed by atoms with E-state index in [-0.39, 0.29) is 12.7 Å². The Kier molecular flexibility index (Phi) is 3.60. The summed E-state index contributed by atoms with van der Waals surface area (Å²) in [5.41, 5.74) is 1.17. The highest BCUT2D eigenvalue weighted by molar-refractivity contribution is 5.97. The number of benzene rings is 1. The zero-order valence-corrected chi connectivity index (χ0v) is 15.5. The van der Waals surface area contributed by atoms with Gasteiger partial charge in [-0.15, -0.1) is 0 Å². The Morgan fingerprint density at radius 3 is 2.61 bits per heavy atom. The third-order valence-corrected chi connectivity index (χ3v) is 5.43. The molecule has 2 fully saturated rings. The smallest absolute Gasteiger partial charge is 0.365 e. The first kappa shape index (κ1) is 17.6. The number of likely N-dealkylation sites (N-methyl/N-ethyl adjacent to an activating group) is 1. The van der Waals surface area contributed by atoms with Gasteiger partial charge in [0.05, 0.1) is 11.1 Å². The minimum absolute atomic E-state index is 0.0980. The van der Waals surface area contributed by atoms with Crippen molar-refractivity contribution in [3.8, 4) is 0 Å². The molecule has 3 unspecified atom stereocenters. The second kappa shape index (κ2) is 5.74. The fourth-order valence-corrected chi connectivity index (χ4v) is 3.99. The Hall–Kier alpha value is -2.52. The molecular formula is C20H19NO7. The van der Waals surface area contributed by atoms with Crippen molar-refractivity contribution in [3.63, 3.8) is 0 Å². The van der Waals surface area contributed by atoms with E-state index < -0.39 is 23.5 Å². The molecule has 1 aliphatic carbocycles. The maximum Gasteiger partial charge on any atom is 0.365 e. The second-order valence-corrected chi connectivity index (χ2v) is 6.85. The molecule has 3 atom stereocenters. The Labute approximate surface area is 161 Å². The van der Waals surface area contributed by atoms with Crippen LogP contribution in [0.5, 0.6) is 0 Å². The number of hydrogen-bond acceptors (Lipinski definition) is 7. The Balaban J connectivity index is 1.58. The summed E-state index contributed by atoms with van der Waals surface area (Å²) in [5, 5.41) is 0. The van der Waals surface area contributed by atoms with E-state index in [2.05, 4.69) is 0 Å². The fraction of sp³-hybridized carbons (Fsp3) is 0.400. The fourth-order valence-electron chi connectivity index (χ4n) is 3.99. The van der Waals surface area contributed by atoms with Crippen LogP contribution in [0.3, 0.4) is 0 Å². The zero-order chi connectivity index (χ0) is 19.6. The lowest BCUT2D eigenvalue weighted by Crippen LogP contribution is -2.49. The van der Waals surface area contributed by atoms with Gasteiger partial charge in [-0.3, -0.25) is 14.3 Å². The van der Waals surface area contributed by atoms with Crippen molar-refractivity contribution in [3.05, 3.63) is 59.2 Å². The van der Waals surface area contributed by atoms with Crippen molar-refractivity contribution < 1.29 is 33.3 Å². The number of carbonyl (C=O) groups is 2. The molecule has 3 heterocycles. The van der Waals surface area contributed by atoms with Crippen molar-refractivity contribution in [2.45, 2.75) is 31.4 Å². The van der Waals surface area contributed by atoms with Crippen LogP contribution in [0.4, 0.5) is 0 Å². The highest BCUT2D eigenvalue weighted by Crippen LogP contribution is 2.59. The number of amides is 1. The summed E-state index contributed by atoms with van der Waals surface area (Å²) in [5.74, 6) is -5.53. The molecule has 1 spiro atoms. The average molecular weight is 385 g/mol. The van der Waals surface area contributed by atoms with Gasteiger partial charge in [-0.05, 0) is 44.2 Å². The average Bonchev–Trinajstić information content (AvgIpc) is 3.28. The van der Waals surface area contributed by atoms with E-state index in [9.17, 15) is 9.59 Å². The predicted octanol–water partition coefficient (Wildman–Crippen LogP) is 1.78. The number of esters is 1. The van der Waals surface area contributed by atoms with Gasteiger partial charge in [-0.1, -0.05) is 12.1 Å². The van der Waals surface area contributed by atoms with E-state index in [0.717, 1.165) is 0 Å². The summed E-state index contributed by atoms with van der Waals surface area (Å²) >= 11 is 0. The van der Waals surface area contributed by atoms with E-state index in [0.29, 0.717) is 29.8 Å². The van der Waals surface area contributed by atoms with Crippen LogP contribution in [0.25, 0.3) is 0 Å². The number of ether oxygens (including phenoxy) is 5. The molecule has 8 nitrogen and oxygen atoms in total. The van der Waals surface area contributed by atoms with Crippen LogP contribution in [0, 0.1) is 0 Å². The van der Waals surface area contributed by atoms with Crippen molar-refractivity contribution in [1.29, 1.82) is 0 Å². The lowest BCUT2D eigenvalue weighted by atomic mass is 9.95. The van der Waals surface area contributed by atoms with E-state index in [4.69, 9.17) is 23.7 Å². The topological polar surface area (TPSA) is 83.5 Å². The molecule has 8 heteroatoms. The minimum atomic E-state index is -1.80. The molecule has 146 valence electrons. The molecule has 3 aliphatic heterocycles. The van der Waals surface area contributed by atoms with Crippen LogP contribution in [-0.4, -0.2) is 48.2 Å². The van der Waals surface area contributed by atoms with Crippen LogP contribution in [0.15, 0.2) is 48.1 Å². The first-order valence-electron chi connectivity index (χ1n) is 9.20. The minimum Gasteiger partial charge on any atom is -0.400 e. The SMILES string of the molecule is CCN(CC)C(=O)C1=CC23OCOC2(C=C1)OC1(OC(=O)c2ccccc21)O3. The summed E-state index contributed by atoms with van der Waals surface area (Å²) in [6.07, 6.45) is 4.75. The van der Waals surface area contributed by atoms with Crippen LogP contribution in [0.1, 0.15) is 29.8 Å². The highest BCUT2D eigenvalue weighted by Gasteiger charge is 2.75. The van der Waals surface area contributed by atoms with Crippen molar-refractivity contribution in [1.82, 2.24) is 4.90 Å². The summed E-state index contributed by atoms with van der Waals surface area (Å²) < 4.78 is 29.2. The van der Waals surface area contributed by atoms with E-state index in [1.165, 1.54) is 0 Å². The number of hydrogen-bond donors (Lipinski definition) is 0. The van der Waals surface area contributed by atoms with Crippen LogP contribution >= 0.6 is 0 Å². The lowest BCUT2D eigenvalue weighted by Gasteiger charge is -2.31. The monoisotopic (exact) mass is 385 g/mol. The first-order chi connectivity index (χ1) is 13.5. The summed E-state index contributed by atoms with van der Waals surface area (Å²) in [6, 6.07) is 6.81. The van der Waals surface area contributed by atoms with Gasteiger partial charge in [-0.2, -0.15) is 0 Å². The normalized spacial score (nSPS) is 34.6. The number of fused-ring (bicyclic) bond motifs is 2. The number of rotatable bonds is 3. The van der Waals surface area contributed by atoms with Crippen LogP contribution in [-0.2, 0) is 34.5 Å². The largest absolute Gasteiger partial charge is 0.400 e. The number of nitrogens with zero attached hydrogens (tertiary/aromatic N) is 1. The number of carbonyl (C=O) groups excluding carboxylic acids is 2. The van der Waals surface area contributed by atoms with E-state index >= 15 is 0 Å². The van der Waals surface area contributed by atoms with E-state index in [1.807, 2.05) is 13.8 Å². The standard InChI is InChI=1S/C20H19NO7/c1-3-21(4-2)16(22)13-9-10-18-19(11-13,25-12-24-18)28-20(27-18)15-8-6-5-7-14(15)17(23)26-20/h5-11H,3-4,12H2,1-2H3. The van der Waals surface area contributed by atoms with Crippen molar-refractivity contribution >= 4 is 11.9 Å². The van der Waals surface area contributed by atoms with Gasteiger partial charge in [0.25, 0.3) is 17.5 Å². The third kappa shape index (κ3) is 2.08. The molecule has 28 heavy (non-hydrogen) atoms. The molecule has 2 saturated heterocycles. The summed E-state index contributed by atoms with van der Waals surface area (Å²) in [4.78, 5) is 26.8. The van der Waals surface area contributed by atoms with Crippen LogP contribution < -0.4 is 0 Å². The summed E-state index contributed by atoms with van der Waals surface area (Å²) in [7, 11) is 0. The predicted molar refractivity (Wildman–Crippen MR) is 93.4 cm³/mol. The molecule has 1 amide bonds. The molecule has 0 radical (unpaired) electrons. The molecular weight excluding hydrogens is 366 g/mol. The molecule has 0 aromatic heterocycles. The maximum atomic E-state index is 12.8. The van der Waals surface area contributed by atoms with Gasteiger partial charge in [-0.25, -0.2) is 4.79 Å². The molecule has 1 aromatic carbocycles. The van der Waals surface area contributed by atoms with Gasteiger partial charge >= 0.3 is 11.9 Å². The summed E-state index contributed by atoms with van der Waals surface area (Å²) in [6.45, 7) is 4.86. The van der Waals surface area contributed by atoms with Crippen LogP contribution in [0.2, 0.25) is 0 Å². The van der Waals surface area contributed by atoms with Crippen molar-refractivity contribution in [2.75, 3.05) is 19.9 Å². The Bertz CT molecular complexity index is 936. The molecule has 0 bridgehead atoms. The van der Waals surface area contributed by atoms with E-state index in [1.54, 1.807) is 47.4 Å². The maximum absolute atomic E-state index is 12.8. The third-order valence-electron chi connectivity index (χ3n) is 5.43.